The average molecular weight is 532 g/mol. The number of benzene rings is 2. The van der Waals surface area contributed by atoms with Gasteiger partial charge < -0.3 is 14.8 Å². The van der Waals surface area contributed by atoms with Gasteiger partial charge in [0.05, 0.1) is 18.6 Å². The summed E-state index contributed by atoms with van der Waals surface area (Å²) in [5.41, 5.74) is 2.68. The van der Waals surface area contributed by atoms with Crippen molar-refractivity contribution in [3.8, 4) is 11.5 Å². The number of hydroxylamine groups is 1. The number of piperidine rings is 2. The second kappa shape index (κ2) is 12.3. The zero-order chi connectivity index (χ0) is 26.3. The molecule has 1 atom stereocenters. The van der Waals surface area contributed by atoms with E-state index in [1.165, 1.54) is 38.5 Å². The molecule has 2 fully saturated rings. The van der Waals surface area contributed by atoms with Crippen molar-refractivity contribution < 1.29 is 27.9 Å². The van der Waals surface area contributed by atoms with Crippen molar-refractivity contribution in [3.05, 3.63) is 54.1 Å². The fourth-order valence-corrected chi connectivity index (χ4v) is 7.17. The van der Waals surface area contributed by atoms with Crippen molar-refractivity contribution in [1.29, 1.82) is 0 Å². The van der Waals surface area contributed by atoms with Crippen molar-refractivity contribution in [2.75, 3.05) is 33.4 Å². The van der Waals surface area contributed by atoms with Gasteiger partial charge in [0.2, 0.25) is 0 Å². The number of likely N-dealkylation sites (tertiary alicyclic amines) is 1. The number of hydrogen-bond acceptors (Lipinski definition) is 8. The van der Waals surface area contributed by atoms with Gasteiger partial charge in [-0.3, -0.25) is 14.9 Å². The summed E-state index contributed by atoms with van der Waals surface area (Å²) in [6.45, 7) is 3.20. The third-order valence-corrected chi connectivity index (χ3v) is 10.1. The summed E-state index contributed by atoms with van der Waals surface area (Å²) in [7, 11) is -2.56. The minimum atomic E-state index is -4.05. The molecule has 202 valence electrons. The van der Waals surface area contributed by atoms with Crippen LogP contribution in [0, 0.1) is 0 Å². The Labute approximate surface area is 219 Å². The fraction of sp³-hybridized carbons (Fsp3) is 0.519. The van der Waals surface area contributed by atoms with E-state index < -0.39 is 20.5 Å². The van der Waals surface area contributed by atoms with E-state index in [1.807, 2.05) is 24.3 Å². The van der Waals surface area contributed by atoms with E-state index in [4.69, 9.17) is 9.47 Å². The molecule has 2 heterocycles. The maximum Gasteiger partial charge on any atom is 0.265 e. The molecular formula is C27H37N3O6S. The Hall–Kier alpha value is -2.66. The van der Waals surface area contributed by atoms with Crippen LogP contribution in [-0.4, -0.2) is 68.6 Å². The summed E-state index contributed by atoms with van der Waals surface area (Å²) >= 11 is 0. The molecule has 0 aromatic heterocycles. The van der Waals surface area contributed by atoms with Crippen LogP contribution in [0.3, 0.4) is 0 Å². The standard InChI is InChI=1S/C27H37N3O6S/c1-35-23-9-11-25(12-10-23)37(33,34)27(26(31)29-32)14-17-30(18-15-27)20-21-5-7-24(8-6-21)36-19-13-22-4-2-3-16-28-22/h5-12,22,28,32H,2-4,13-20H2,1H3,(H,29,31). The maximum absolute atomic E-state index is 13.5. The van der Waals surface area contributed by atoms with Gasteiger partial charge in [0, 0.05) is 25.7 Å². The number of carbonyl (C=O) groups excluding carboxylic acids is 1. The molecule has 2 aliphatic rings. The molecular weight excluding hydrogens is 494 g/mol. The monoisotopic (exact) mass is 531 g/mol. The lowest BCUT2D eigenvalue weighted by molar-refractivity contribution is -0.133. The molecule has 0 spiro atoms. The van der Waals surface area contributed by atoms with Gasteiger partial charge in [-0.15, -0.1) is 0 Å². The van der Waals surface area contributed by atoms with Gasteiger partial charge in [0.25, 0.3) is 5.91 Å². The lowest BCUT2D eigenvalue weighted by Crippen LogP contribution is -2.57. The molecule has 2 aromatic carbocycles. The molecule has 1 amide bonds. The van der Waals surface area contributed by atoms with Gasteiger partial charge in [0.1, 0.15) is 11.5 Å². The van der Waals surface area contributed by atoms with Crippen LogP contribution in [0.1, 0.15) is 44.1 Å². The smallest absolute Gasteiger partial charge is 0.265 e. The van der Waals surface area contributed by atoms with Gasteiger partial charge in [0.15, 0.2) is 14.6 Å². The number of methoxy groups -OCH3 is 1. The average Bonchev–Trinajstić information content (AvgIpc) is 2.94. The Morgan fingerprint density at radius 2 is 1.76 bits per heavy atom. The molecule has 2 aliphatic heterocycles. The first-order valence-corrected chi connectivity index (χ1v) is 14.4. The quantitative estimate of drug-likeness (QED) is 0.317. The highest BCUT2D eigenvalue weighted by Gasteiger charge is 2.52. The van der Waals surface area contributed by atoms with Gasteiger partial charge >= 0.3 is 0 Å². The molecule has 0 radical (unpaired) electrons. The normalized spacial score (nSPS) is 20.2. The molecule has 2 aromatic rings. The van der Waals surface area contributed by atoms with Crippen molar-refractivity contribution in [2.45, 2.75) is 60.8 Å². The van der Waals surface area contributed by atoms with Crippen LogP contribution < -0.4 is 20.3 Å². The predicted octanol–water partition coefficient (Wildman–Crippen LogP) is 2.92. The summed E-state index contributed by atoms with van der Waals surface area (Å²) in [4.78, 5) is 14.9. The Morgan fingerprint density at radius 3 is 2.35 bits per heavy atom. The highest BCUT2D eigenvalue weighted by Crippen LogP contribution is 2.37. The molecule has 0 saturated carbocycles. The molecule has 1 unspecified atom stereocenters. The third kappa shape index (κ3) is 6.26. The number of hydrogen-bond donors (Lipinski definition) is 3. The topological polar surface area (TPSA) is 117 Å². The predicted molar refractivity (Wildman–Crippen MR) is 140 cm³/mol. The van der Waals surface area contributed by atoms with E-state index in [2.05, 4.69) is 10.2 Å². The van der Waals surface area contributed by atoms with Crippen LogP contribution in [0.5, 0.6) is 11.5 Å². The highest BCUT2D eigenvalue weighted by molar-refractivity contribution is 7.93. The molecule has 4 rings (SSSR count). The maximum atomic E-state index is 13.5. The molecule has 3 N–H and O–H groups in total. The summed E-state index contributed by atoms with van der Waals surface area (Å²) in [6.07, 6.45) is 4.89. The van der Waals surface area contributed by atoms with E-state index in [0.29, 0.717) is 38.0 Å². The van der Waals surface area contributed by atoms with E-state index >= 15 is 0 Å². The van der Waals surface area contributed by atoms with Crippen LogP contribution in [0.4, 0.5) is 0 Å². The van der Waals surface area contributed by atoms with Crippen LogP contribution in [0.15, 0.2) is 53.4 Å². The van der Waals surface area contributed by atoms with E-state index in [-0.39, 0.29) is 17.7 Å². The largest absolute Gasteiger partial charge is 0.497 e. The molecule has 10 heteroatoms. The van der Waals surface area contributed by atoms with Crippen molar-refractivity contribution >= 4 is 15.7 Å². The number of rotatable bonds is 10. The first-order chi connectivity index (χ1) is 17.9. The number of nitrogens with one attached hydrogen (secondary N) is 2. The van der Waals surface area contributed by atoms with E-state index in [0.717, 1.165) is 24.3 Å². The summed E-state index contributed by atoms with van der Waals surface area (Å²) in [5, 5.41) is 12.9. The van der Waals surface area contributed by atoms with Gasteiger partial charge in [-0.25, -0.2) is 13.9 Å². The number of carbonyl (C=O) groups is 1. The van der Waals surface area contributed by atoms with Crippen LogP contribution in [0.25, 0.3) is 0 Å². The summed E-state index contributed by atoms with van der Waals surface area (Å²) in [5.74, 6) is 0.461. The van der Waals surface area contributed by atoms with Crippen LogP contribution in [-0.2, 0) is 21.2 Å². The number of nitrogens with zero attached hydrogens (tertiary/aromatic N) is 1. The Kier molecular flexibility index (Phi) is 9.07. The lowest BCUT2D eigenvalue weighted by Gasteiger charge is -2.39. The van der Waals surface area contributed by atoms with Gasteiger partial charge in [-0.05, 0) is 80.6 Å². The lowest BCUT2D eigenvalue weighted by atomic mass is 9.94. The van der Waals surface area contributed by atoms with Gasteiger partial charge in [-0.1, -0.05) is 18.6 Å². The molecule has 0 bridgehead atoms. The second-order valence-electron chi connectivity index (χ2n) is 9.82. The molecule has 37 heavy (non-hydrogen) atoms. The first-order valence-electron chi connectivity index (χ1n) is 12.9. The van der Waals surface area contributed by atoms with Crippen molar-refractivity contribution in [3.63, 3.8) is 0 Å². The Morgan fingerprint density at radius 1 is 1.08 bits per heavy atom. The number of amides is 1. The fourth-order valence-electron chi connectivity index (χ4n) is 5.21. The minimum absolute atomic E-state index is 0.0280. The summed E-state index contributed by atoms with van der Waals surface area (Å²) < 4.78 is 36.4. The zero-order valence-corrected chi connectivity index (χ0v) is 22.1. The summed E-state index contributed by atoms with van der Waals surface area (Å²) in [6, 6.07) is 14.5. The molecule has 9 nitrogen and oxygen atoms in total. The zero-order valence-electron chi connectivity index (χ0n) is 21.3. The van der Waals surface area contributed by atoms with Crippen molar-refractivity contribution in [2.24, 2.45) is 0 Å². The third-order valence-electron chi connectivity index (χ3n) is 7.54. The Balaban J connectivity index is 1.34. The SMILES string of the molecule is COc1ccc(S(=O)(=O)C2(C(=O)NO)CCN(Cc3ccc(OCCC4CCCCN4)cc3)CC2)cc1. The molecule has 2 saturated heterocycles. The second-order valence-corrected chi connectivity index (χ2v) is 12.1. The van der Waals surface area contributed by atoms with E-state index in [9.17, 15) is 18.4 Å². The van der Waals surface area contributed by atoms with Crippen LogP contribution in [0.2, 0.25) is 0 Å². The van der Waals surface area contributed by atoms with E-state index in [1.54, 1.807) is 17.6 Å². The highest BCUT2D eigenvalue weighted by atomic mass is 32.2. The van der Waals surface area contributed by atoms with Crippen LogP contribution >= 0.6 is 0 Å². The van der Waals surface area contributed by atoms with Crippen molar-refractivity contribution in [1.82, 2.24) is 15.7 Å². The first kappa shape index (κ1) is 27.4. The molecule has 0 aliphatic carbocycles. The van der Waals surface area contributed by atoms with Gasteiger partial charge in [-0.2, -0.15) is 0 Å². The number of ether oxygens (including phenoxy) is 2. The Bertz CT molecular complexity index is 1120. The minimum Gasteiger partial charge on any atom is -0.497 e. The number of sulfone groups is 1.